The minimum Gasteiger partial charge on any atom is -0.392 e. The third-order valence-corrected chi connectivity index (χ3v) is 2.16. The van der Waals surface area contributed by atoms with Gasteiger partial charge in [-0.15, -0.1) is 0 Å². The Labute approximate surface area is 119 Å². The third kappa shape index (κ3) is 4.98. The van der Waals surface area contributed by atoms with E-state index < -0.39 is 31.0 Å². The quantitative estimate of drug-likeness (QED) is 0.226. The molecule has 0 saturated heterocycles. The molecule has 0 saturated carbocycles. The van der Waals surface area contributed by atoms with Crippen LogP contribution in [0.2, 0.25) is 0 Å². The maximum atomic E-state index is 9.35. The van der Waals surface area contributed by atoms with Gasteiger partial charge in [-0.2, -0.15) is 40.5 Å². The summed E-state index contributed by atoms with van der Waals surface area (Å²) in [4.78, 5) is 2.48. The van der Waals surface area contributed by atoms with Gasteiger partial charge >= 0.3 is 0 Å². The number of nitrogens with zero attached hydrogens (tertiary/aromatic N) is 3. The summed E-state index contributed by atoms with van der Waals surface area (Å²) in [6.45, 7) is -0.456. The van der Waals surface area contributed by atoms with Crippen LogP contribution >= 0.6 is 40.5 Å². The normalized spacial score (nSPS) is 30.7. The summed E-state index contributed by atoms with van der Waals surface area (Å²) in [6.07, 6.45) is -2.86. The maximum Gasteiger partial charge on any atom is 0.110 e. The van der Waals surface area contributed by atoms with Gasteiger partial charge in [-0.05, 0) is 11.1 Å². The van der Waals surface area contributed by atoms with E-state index in [-0.39, 0.29) is 46.1 Å². The van der Waals surface area contributed by atoms with E-state index in [4.69, 9.17) is 10.6 Å². The van der Waals surface area contributed by atoms with Crippen molar-refractivity contribution in [2.24, 2.45) is 5.11 Å². The summed E-state index contributed by atoms with van der Waals surface area (Å²) in [5.74, 6) is 0. The van der Waals surface area contributed by atoms with Gasteiger partial charge < -0.3 is 20.4 Å². The molecule has 3 unspecified atom stereocenters. The third-order valence-electron chi connectivity index (χ3n) is 2.16. The fourth-order valence-corrected chi connectivity index (χ4v) is 1.33. The van der Waals surface area contributed by atoms with E-state index in [1.807, 2.05) is 0 Å². The van der Waals surface area contributed by atoms with Gasteiger partial charge in [0.25, 0.3) is 0 Å². The number of aliphatic hydroxyl groups excluding tert-OH is 4. The van der Waals surface area contributed by atoms with Crippen LogP contribution in [0.5, 0.6) is 0 Å². The molecule has 4 N–H and O–H groups in total. The fourth-order valence-electron chi connectivity index (χ4n) is 1.33. The van der Waals surface area contributed by atoms with E-state index in [2.05, 4.69) is 10.0 Å². The largest absolute Gasteiger partial charge is 0.392 e. The van der Waals surface area contributed by atoms with Gasteiger partial charge in [0.15, 0.2) is 0 Å². The van der Waals surface area contributed by atoms with E-state index >= 15 is 0 Å². The van der Waals surface area contributed by atoms with Crippen LogP contribution < -0.4 is 0 Å². The molecule has 4 atom stereocenters. The monoisotopic (exact) mass is 303 g/mol. The van der Waals surface area contributed by atoms with Crippen LogP contribution in [0.25, 0.3) is 10.4 Å². The van der Waals surface area contributed by atoms with Gasteiger partial charge in [0.05, 0.1) is 18.8 Å². The lowest BCUT2D eigenvalue weighted by Crippen LogP contribution is -2.48. The molecule has 102 valence electrons. The SMILES string of the molecule is S.S.S.[N-]=[N+]=NC1C=C(CO)C(O)[C@H](O)C1O. The molecule has 0 bridgehead atoms. The number of aliphatic hydroxyl groups is 4. The van der Waals surface area contributed by atoms with Crippen LogP contribution in [0, 0.1) is 0 Å². The van der Waals surface area contributed by atoms with Crippen molar-refractivity contribution in [1.29, 1.82) is 0 Å². The standard InChI is InChI=1S/C7H11N3O4.3H2S/c8-10-9-4-1-3(2-11)5(12)7(14)6(4)13;;;/h1,4-7,11-14H,2H2;3*1H2/t4?,5?,6?,7-;;;/m0.../s1. The van der Waals surface area contributed by atoms with Crippen LogP contribution in [-0.2, 0) is 0 Å². The summed E-state index contributed by atoms with van der Waals surface area (Å²) in [5, 5.41) is 40.0. The Morgan fingerprint density at radius 3 is 2.12 bits per heavy atom. The molecule has 0 aromatic rings. The first kappa shape index (κ1) is 22.1. The lowest BCUT2D eigenvalue weighted by Gasteiger charge is -2.31. The highest BCUT2D eigenvalue weighted by molar-refractivity contribution is 7.59. The Morgan fingerprint density at radius 2 is 1.71 bits per heavy atom. The Hall–Kier alpha value is -0.0600. The molecule has 0 aliphatic heterocycles. The van der Waals surface area contributed by atoms with Gasteiger partial charge in [0.1, 0.15) is 12.2 Å². The molecule has 7 nitrogen and oxygen atoms in total. The molecule has 1 rings (SSSR count). The zero-order valence-corrected chi connectivity index (χ0v) is 11.7. The number of hydrogen-bond acceptors (Lipinski definition) is 5. The summed E-state index contributed by atoms with van der Waals surface area (Å²) >= 11 is 0. The number of azide groups is 1. The Balaban J connectivity index is -0.000000653. The number of rotatable bonds is 2. The zero-order chi connectivity index (χ0) is 10.7. The maximum absolute atomic E-state index is 9.35. The highest BCUT2D eigenvalue weighted by atomic mass is 32.1. The first-order valence-corrected chi connectivity index (χ1v) is 4.01. The smallest absolute Gasteiger partial charge is 0.110 e. The topological polar surface area (TPSA) is 130 Å². The number of hydrogen-bond donors (Lipinski definition) is 4. The highest BCUT2D eigenvalue weighted by Crippen LogP contribution is 2.21. The molecule has 1 aliphatic rings. The van der Waals surface area contributed by atoms with Crippen molar-refractivity contribution in [1.82, 2.24) is 0 Å². The van der Waals surface area contributed by atoms with Crippen molar-refractivity contribution in [3.05, 3.63) is 22.1 Å². The molecule has 0 aromatic heterocycles. The fraction of sp³-hybridized carbons (Fsp3) is 0.714. The first-order valence-electron chi connectivity index (χ1n) is 4.01. The van der Waals surface area contributed by atoms with Crippen LogP contribution in [0.4, 0.5) is 0 Å². The average molecular weight is 303 g/mol. The molecule has 10 heteroatoms. The van der Waals surface area contributed by atoms with Crippen molar-refractivity contribution in [2.75, 3.05) is 6.61 Å². The molecular weight excluding hydrogens is 286 g/mol. The summed E-state index contributed by atoms with van der Waals surface area (Å²) in [6, 6.07) is -0.958. The second kappa shape index (κ2) is 9.92. The molecule has 0 heterocycles. The van der Waals surface area contributed by atoms with Gasteiger partial charge in [-0.3, -0.25) is 0 Å². The van der Waals surface area contributed by atoms with Gasteiger partial charge in [0, 0.05) is 4.91 Å². The highest BCUT2D eigenvalue weighted by Gasteiger charge is 2.36. The van der Waals surface area contributed by atoms with Crippen LogP contribution in [0.1, 0.15) is 0 Å². The molecule has 0 spiro atoms. The van der Waals surface area contributed by atoms with E-state index in [0.29, 0.717) is 0 Å². The lowest BCUT2D eigenvalue weighted by molar-refractivity contribution is -0.0595. The van der Waals surface area contributed by atoms with Crippen molar-refractivity contribution in [3.63, 3.8) is 0 Å². The van der Waals surface area contributed by atoms with Gasteiger partial charge in [-0.1, -0.05) is 11.2 Å². The molecule has 0 aromatic carbocycles. The van der Waals surface area contributed by atoms with Crippen molar-refractivity contribution in [2.45, 2.75) is 24.4 Å². The van der Waals surface area contributed by atoms with E-state index in [1.165, 1.54) is 6.08 Å². The predicted octanol–water partition coefficient (Wildman–Crippen LogP) is -0.981. The molecule has 0 amide bonds. The molecular formula is C7H17N3O4S3. The Bertz CT molecular complexity index is 298. The Kier molecular flexibility index (Phi) is 12.9. The van der Waals surface area contributed by atoms with Crippen LogP contribution in [0.3, 0.4) is 0 Å². The lowest BCUT2D eigenvalue weighted by atomic mass is 9.89. The first-order chi connectivity index (χ1) is 6.61. The minimum absolute atomic E-state index is 0. The molecule has 0 radical (unpaired) electrons. The van der Waals surface area contributed by atoms with Crippen LogP contribution in [-0.4, -0.2) is 51.4 Å². The van der Waals surface area contributed by atoms with E-state index in [9.17, 15) is 15.3 Å². The minimum atomic E-state index is -1.45. The van der Waals surface area contributed by atoms with Crippen molar-refractivity contribution < 1.29 is 20.4 Å². The zero-order valence-electron chi connectivity index (χ0n) is 8.72. The predicted molar refractivity (Wildman–Crippen MR) is 77.3 cm³/mol. The second-order valence-electron chi connectivity index (χ2n) is 3.02. The Morgan fingerprint density at radius 1 is 1.18 bits per heavy atom. The van der Waals surface area contributed by atoms with Gasteiger partial charge in [0.2, 0.25) is 0 Å². The molecule has 17 heavy (non-hydrogen) atoms. The van der Waals surface area contributed by atoms with E-state index in [1.54, 1.807) is 0 Å². The van der Waals surface area contributed by atoms with Crippen molar-refractivity contribution in [3.8, 4) is 0 Å². The van der Waals surface area contributed by atoms with Gasteiger partial charge in [-0.25, -0.2) is 0 Å². The average Bonchev–Trinajstić information content (AvgIpc) is 2.19. The second-order valence-corrected chi connectivity index (χ2v) is 3.02. The summed E-state index contributed by atoms with van der Waals surface area (Å²) < 4.78 is 0. The summed E-state index contributed by atoms with van der Waals surface area (Å²) in [5.41, 5.74) is 8.30. The summed E-state index contributed by atoms with van der Waals surface area (Å²) in [7, 11) is 0. The molecule has 0 fully saturated rings. The molecule has 1 aliphatic carbocycles. The van der Waals surface area contributed by atoms with Crippen LogP contribution in [0.15, 0.2) is 16.8 Å². The van der Waals surface area contributed by atoms with Crippen molar-refractivity contribution >= 4 is 40.5 Å². The van der Waals surface area contributed by atoms with E-state index in [0.717, 1.165) is 0 Å².